The third-order valence-corrected chi connectivity index (χ3v) is 9.73. The molecule has 0 saturated carbocycles. The molecule has 2 aromatic heterocycles. The van der Waals surface area contributed by atoms with Gasteiger partial charge in [-0.15, -0.1) is 0 Å². The lowest BCUT2D eigenvalue weighted by Crippen LogP contribution is -2.41. The fourth-order valence-corrected chi connectivity index (χ4v) is 7.46. The Hall–Kier alpha value is -3.46. The van der Waals surface area contributed by atoms with Gasteiger partial charge in [-0.1, -0.05) is 36.4 Å². The van der Waals surface area contributed by atoms with Crippen molar-refractivity contribution in [2.75, 3.05) is 31.3 Å². The van der Waals surface area contributed by atoms with Gasteiger partial charge in [-0.05, 0) is 51.0 Å². The molecule has 242 valence electrons. The minimum atomic E-state index is -3.56. The van der Waals surface area contributed by atoms with Gasteiger partial charge in [0.05, 0.1) is 19.0 Å². The second-order valence-corrected chi connectivity index (χ2v) is 14.6. The van der Waals surface area contributed by atoms with Crippen molar-refractivity contribution in [3.8, 4) is 5.75 Å². The Balaban J connectivity index is 1.42. The molecular weight excluding hydrogens is 624 g/mol. The number of anilines is 2. The van der Waals surface area contributed by atoms with Crippen molar-refractivity contribution in [3.63, 3.8) is 0 Å². The molecular formula is C29H37FN7O6PS. The molecule has 3 heterocycles. The number of rotatable bonds is 11. The number of benzene rings is 2. The second-order valence-electron chi connectivity index (χ2n) is 11.4. The molecule has 0 amide bonds. The first-order valence-electron chi connectivity index (χ1n) is 14.3. The van der Waals surface area contributed by atoms with Gasteiger partial charge in [0, 0.05) is 19.5 Å². The Labute approximate surface area is 265 Å². The summed E-state index contributed by atoms with van der Waals surface area (Å²) in [6.45, 7) is 2.34. The molecule has 13 nitrogen and oxygen atoms in total. The number of nitrogens with one attached hydrogen (secondary N) is 1. The van der Waals surface area contributed by atoms with Crippen LogP contribution in [0.5, 0.6) is 5.75 Å². The summed E-state index contributed by atoms with van der Waals surface area (Å²) in [6.07, 6.45) is -3.17. The monoisotopic (exact) mass is 661 g/mol. The molecule has 1 saturated heterocycles. The number of aromatic nitrogens is 4. The van der Waals surface area contributed by atoms with E-state index in [1.807, 2.05) is 36.4 Å². The summed E-state index contributed by atoms with van der Waals surface area (Å²) in [7, 11) is 3.54. The third kappa shape index (κ3) is 6.74. The highest BCUT2D eigenvalue weighted by atomic mass is 32.5. The van der Waals surface area contributed by atoms with Crippen LogP contribution in [-0.2, 0) is 30.6 Å². The lowest BCUT2D eigenvalue weighted by atomic mass is 9.98. The van der Waals surface area contributed by atoms with Gasteiger partial charge in [0.1, 0.15) is 24.0 Å². The van der Waals surface area contributed by atoms with Gasteiger partial charge in [-0.25, -0.2) is 14.5 Å². The lowest BCUT2D eigenvalue weighted by molar-refractivity contribution is -0.149. The highest BCUT2D eigenvalue weighted by Crippen LogP contribution is 2.49. The van der Waals surface area contributed by atoms with E-state index in [-0.39, 0.29) is 24.3 Å². The van der Waals surface area contributed by atoms with E-state index in [0.717, 1.165) is 10.8 Å². The topological polar surface area (TPSA) is 159 Å². The number of hydrogen-bond acceptors (Lipinski definition) is 12. The average molecular weight is 662 g/mol. The zero-order valence-electron chi connectivity index (χ0n) is 25.7. The maximum Gasteiger partial charge on any atom is 0.323 e. The normalized spacial score (nSPS) is 23.7. The van der Waals surface area contributed by atoms with Crippen LogP contribution in [0.3, 0.4) is 0 Å². The second kappa shape index (κ2) is 12.7. The number of alkyl halides is 1. The van der Waals surface area contributed by atoms with E-state index in [2.05, 4.69) is 20.0 Å². The molecule has 1 aliphatic heterocycles. The molecule has 0 bridgehead atoms. The molecule has 6 atom stereocenters. The van der Waals surface area contributed by atoms with E-state index in [4.69, 9.17) is 36.1 Å². The minimum absolute atomic E-state index is 0.0330. The van der Waals surface area contributed by atoms with Crippen molar-refractivity contribution in [1.29, 1.82) is 0 Å². The summed E-state index contributed by atoms with van der Waals surface area (Å²) in [5.41, 5.74) is 4.25. The molecule has 0 radical (unpaired) electrons. The molecule has 4 N–H and O–H groups in total. The summed E-state index contributed by atoms with van der Waals surface area (Å²) in [6, 6.07) is 12.1. The molecule has 2 aromatic carbocycles. The number of nitrogens with zero attached hydrogens (tertiary/aromatic N) is 5. The Morgan fingerprint density at radius 3 is 2.67 bits per heavy atom. The highest BCUT2D eigenvalue weighted by Gasteiger charge is 2.56. The van der Waals surface area contributed by atoms with Gasteiger partial charge in [0.2, 0.25) is 5.95 Å². The molecule has 1 aliphatic rings. The van der Waals surface area contributed by atoms with Crippen molar-refractivity contribution >= 4 is 58.1 Å². The number of aliphatic hydroxyl groups is 1. The average Bonchev–Trinajstić information content (AvgIpc) is 3.48. The summed E-state index contributed by atoms with van der Waals surface area (Å²) in [5, 5.41) is 15.8. The smallest absolute Gasteiger partial charge is 0.323 e. The number of fused-ring (bicyclic) bond motifs is 2. The largest absolute Gasteiger partial charge is 0.462 e. The van der Waals surface area contributed by atoms with E-state index in [9.17, 15) is 9.90 Å². The van der Waals surface area contributed by atoms with Crippen molar-refractivity contribution in [3.05, 3.63) is 48.8 Å². The number of carbonyl (C=O) groups is 1. The number of imidazole rings is 1. The standard InChI is InChI=1S/C29H37FN7O6PS/c1-16(2)41-26(39)17(3)35-44(45,43-20-13-9-11-18-10-7-8-12-19(18)20)40-14-21-23(38)29(4,30)27(42-21)37-15-32-22-24(36(5)6)33-28(31)34-25(22)37/h7-13,15-17,21,23,27,38H,14H2,1-6H3,(H,35,45)(H2,31,33,34)/t17-,21-,23-,27-,29-,44-/m1/s1. The number of nitrogens with two attached hydrogens (primary N) is 1. The van der Waals surface area contributed by atoms with E-state index in [1.54, 1.807) is 45.8 Å². The van der Waals surface area contributed by atoms with Gasteiger partial charge in [-0.2, -0.15) is 9.97 Å². The van der Waals surface area contributed by atoms with Crippen LogP contribution < -0.4 is 20.2 Å². The summed E-state index contributed by atoms with van der Waals surface area (Å²) < 4.78 is 41.5. The van der Waals surface area contributed by atoms with Crippen molar-refractivity contribution < 1.29 is 32.8 Å². The first kappa shape index (κ1) is 32.9. The van der Waals surface area contributed by atoms with Crippen molar-refractivity contribution in [2.24, 2.45) is 0 Å². The highest BCUT2D eigenvalue weighted by molar-refractivity contribution is 8.09. The lowest BCUT2D eigenvalue weighted by Gasteiger charge is -2.28. The van der Waals surface area contributed by atoms with Gasteiger partial charge in [-0.3, -0.25) is 9.36 Å². The van der Waals surface area contributed by atoms with Crippen LogP contribution in [0, 0.1) is 0 Å². The van der Waals surface area contributed by atoms with Crippen LogP contribution in [-0.4, -0.2) is 81.3 Å². The third-order valence-electron chi connectivity index (χ3n) is 7.25. The summed E-state index contributed by atoms with van der Waals surface area (Å²) in [4.78, 5) is 27.2. The summed E-state index contributed by atoms with van der Waals surface area (Å²) >= 11 is 5.88. The predicted octanol–water partition coefficient (Wildman–Crippen LogP) is 3.86. The Morgan fingerprint density at radius 1 is 1.24 bits per heavy atom. The van der Waals surface area contributed by atoms with E-state index in [1.165, 1.54) is 17.8 Å². The molecule has 5 rings (SSSR count). The molecule has 45 heavy (non-hydrogen) atoms. The van der Waals surface area contributed by atoms with Gasteiger partial charge < -0.3 is 34.3 Å². The van der Waals surface area contributed by atoms with Crippen LogP contribution in [0.25, 0.3) is 21.9 Å². The molecule has 0 aliphatic carbocycles. The zero-order valence-corrected chi connectivity index (χ0v) is 27.5. The SMILES string of the molecule is CC(C)OC(=O)[C@@H](C)N[P@@](=S)(OC[C@H]1O[C@@H](n2cnc3c(N(C)C)nc(N)nc32)[C@](C)(F)[C@@H]1O)Oc1cccc2ccccc12. The molecule has 0 unspecified atom stereocenters. The van der Waals surface area contributed by atoms with Crippen molar-refractivity contribution in [1.82, 2.24) is 24.6 Å². The fourth-order valence-electron chi connectivity index (χ4n) is 5.04. The first-order chi connectivity index (χ1) is 21.2. The van der Waals surface area contributed by atoms with Crippen LogP contribution in [0.1, 0.15) is 33.9 Å². The van der Waals surface area contributed by atoms with Crippen molar-refractivity contribution in [2.45, 2.75) is 63.9 Å². The first-order valence-corrected chi connectivity index (χ1v) is 16.9. The van der Waals surface area contributed by atoms with Crippen LogP contribution >= 0.6 is 6.64 Å². The zero-order chi connectivity index (χ0) is 32.7. The maximum atomic E-state index is 16.3. The molecule has 0 spiro atoms. The van der Waals surface area contributed by atoms with Crippen LogP contribution in [0.15, 0.2) is 48.8 Å². The number of halogens is 1. The Morgan fingerprint density at radius 2 is 1.96 bits per heavy atom. The van der Waals surface area contributed by atoms with Gasteiger partial charge in [0.25, 0.3) is 0 Å². The molecule has 16 heteroatoms. The van der Waals surface area contributed by atoms with E-state index < -0.39 is 42.8 Å². The molecule has 4 aromatic rings. The Bertz CT molecular complexity index is 1750. The number of ether oxygens (including phenoxy) is 2. The van der Waals surface area contributed by atoms with Crippen LogP contribution in [0.2, 0.25) is 0 Å². The van der Waals surface area contributed by atoms with E-state index in [0.29, 0.717) is 17.1 Å². The van der Waals surface area contributed by atoms with E-state index >= 15 is 4.39 Å². The predicted molar refractivity (Wildman–Crippen MR) is 172 cm³/mol. The van der Waals surface area contributed by atoms with Gasteiger partial charge in [0.15, 0.2) is 28.9 Å². The fraction of sp³-hybridized carbons (Fsp3) is 0.448. The quantitative estimate of drug-likeness (QED) is 0.157. The number of aliphatic hydroxyl groups excluding tert-OH is 1. The van der Waals surface area contributed by atoms with Crippen LogP contribution in [0.4, 0.5) is 16.2 Å². The number of nitrogen functional groups attached to an aromatic ring is 1. The number of hydrogen-bond donors (Lipinski definition) is 3. The van der Waals surface area contributed by atoms with Gasteiger partial charge >= 0.3 is 12.6 Å². The maximum absolute atomic E-state index is 16.3. The Kier molecular flexibility index (Phi) is 9.32. The number of carbonyl (C=O) groups excluding carboxylic acids is 1. The molecule has 1 fully saturated rings. The minimum Gasteiger partial charge on any atom is -0.462 e. The number of esters is 1. The summed E-state index contributed by atoms with van der Waals surface area (Å²) in [5.74, 6) is 0.281.